The van der Waals surface area contributed by atoms with Gasteiger partial charge in [0, 0.05) is 29.9 Å². The van der Waals surface area contributed by atoms with Crippen LogP contribution in [0.5, 0.6) is 5.75 Å². The van der Waals surface area contributed by atoms with E-state index in [0.29, 0.717) is 46.1 Å². The summed E-state index contributed by atoms with van der Waals surface area (Å²) < 4.78 is 7.51. The lowest BCUT2D eigenvalue weighted by atomic mass is 10.1. The summed E-state index contributed by atoms with van der Waals surface area (Å²) in [5, 5.41) is 8.85. The van der Waals surface area contributed by atoms with Gasteiger partial charge in [0.15, 0.2) is 0 Å². The minimum absolute atomic E-state index is 0.133. The molecule has 3 aromatic rings. The second kappa shape index (κ2) is 10.0. The Kier molecular flexibility index (Phi) is 7.42. The van der Waals surface area contributed by atoms with Crippen molar-refractivity contribution in [3.63, 3.8) is 0 Å². The van der Waals surface area contributed by atoms with Gasteiger partial charge in [0.25, 0.3) is 5.91 Å². The van der Waals surface area contributed by atoms with Crippen molar-refractivity contribution in [2.75, 3.05) is 6.54 Å². The lowest BCUT2D eigenvalue weighted by Crippen LogP contribution is -2.25. The van der Waals surface area contributed by atoms with Gasteiger partial charge in [-0.25, -0.2) is 0 Å². The molecule has 0 fully saturated rings. The van der Waals surface area contributed by atoms with Crippen LogP contribution < -0.4 is 10.1 Å². The van der Waals surface area contributed by atoms with Crippen LogP contribution >= 0.6 is 34.8 Å². The SMILES string of the molecule is Cc1nn(CCCNC(=O)c2cccc(COc3ccc(Cl)cc3Cl)c2)cc1Cl. The molecular weight excluding hydrogens is 433 g/mol. The van der Waals surface area contributed by atoms with Crippen LogP contribution in [0.25, 0.3) is 0 Å². The van der Waals surface area contributed by atoms with Crippen LogP contribution in [-0.4, -0.2) is 22.2 Å². The highest BCUT2D eigenvalue weighted by molar-refractivity contribution is 6.35. The summed E-state index contributed by atoms with van der Waals surface area (Å²) in [5.74, 6) is 0.408. The predicted octanol–water partition coefficient (Wildman–Crippen LogP) is 5.55. The third kappa shape index (κ3) is 6.13. The number of carbonyl (C=O) groups is 1. The van der Waals surface area contributed by atoms with Crippen LogP contribution in [0.4, 0.5) is 0 Å². The molecule has 152 valence electrons. The highest BCUT2D eigenvalue weighted by atomic mass is 35.5. The van der Waals surface area contributed by atoms with E-state index in [0.717, 1.165) is 17.7 Å². The number of aryl methyl sites for hydroxylation is 2. The number of hydrogen-bond acceptors (Lipinski definition) is 3. The molecule has 0 saturated heterocycles. The number of hydrogen-bond donors (Lipinski definition) is 1. The summed E-state index contributed by atoms with van der Waals surface area (Å²) in [4.78, 5) is 12.4. The van der Waals surface area contributed by atoms with Gasteiger partial charge in [0.2, 0.25) is 0 Å². The van der Waals surface area contributed by atoms with E-state index in [2.05, 4.69) is 10.4 Å². The number of carbonyl (C=O) groups excluding carboxylic acids is 1. The Balaban J connectivity index is 1.49. The number of benzene rings is 2. The van der Waals surface area contributed by atoms with E-state index in [1.54, 1.807) is 41.2 Å². The Labute approximate surface area is 184 Å². The number of aromatic nitrogens is 2. The van der Waals surface area contributed by atoms with E-state index >= 15 is 0 Å². The molecule has 0 aliphatic rings. The predicted molar refractivity (Wildman–Crippen MR) is 116 cm³/mol. The van der Waals surface area contributed by atoms with E-state index in [4.69, 9.17) is 39.5 Å². The lowest BCUT2D eigenvalue weighted by molar-refractivity contribution is 0.0952. The minimum atomic E-state index is -0.133. The van der Waals surface area contributed by atoms with Crippen molar-refractivity contribution in [3.8, 4) is 5.75 Å². The first-order chi connectivity index (χ1) is 13.9. The van der Waals surface area contributed by atoms with Crippen molar-refractivity contribution in [3.05, 3.63) is 80.6 Å². The van der Waals surface area contributed by atoms with Crippen molar-refractivity contribution in [2.45, 2.75) is 26.5 Å². The van der Waals surface area contributed by atoms with Crippen LogP contribution in [0.15, 0.2) is 48.7 Å². The normalized spacial score (nSPS) is 10.8. The summed E-state index contributed by atoms with van der Waals surface area (Å²) in [6.07, 6.45) is 2.54. The third-order valence-electron chi connectivity index (χ3n) is 4.21. The first kappa shape index (κ1) is 21.5. The average Bonchev–Trinajstić information content (AvgIpc) is 3.02. The van der Waals surface area contributed by atoms with Gasteiger partial charge in [-0.2, -0.15) is 5.10 Å². The number of rotatable bonds is 8. The standard InChI is InChI=1S/C21H20Cl3N3O2/c1-14-19(24)12-27(26-14)9-3-8-25-21(28)16-5-2-4-15(10-16)13-29-20-7-6-17(22)11-18(20)23/h2,4-7,10-12H,3,8-9,13H2,1H3,(H,25,28). The van der Waals surface area contributed by atoms with Crippen LogP contribution in [0.3, 0.4) is 0 Å². The van der Waals surface area contributed by atoms with E-state index < -0.39 is 0 Å². The zero-order valence-corrected chi connectivity index (χ0v) is 18.1. The maximum absolute atomic E-state index is 12.4. The van der Waals surface area contributed by atoms with Gasteiger partial charge in [0.1, 0.15) is 12.4 Å². The largest absolute Gasteiger partial charge is 0.487 e. The van der Waals surface area contributed by atoms with E-state index in [9.17, 15) is 4.79 Å². The van der Waals surface area contributed by atoms with Crippen molar-refractivity contribution in [2.24, 2.45) is 0 Å². The molecule has 0 spiro atoms. The van der Waals surface area contributed by atoms with E-state index in [-0.39, 0.29) is 5.91 Å². The molecule has 1 amide bonds. The molecule has 3 rings (SSSR count). The summed E-state index contributed by atoms with van der Waals surface area (Å²) in [6.45, 7) is 3.38. The molecule has 0 atom stereocenters. The Morgan fingerprint density at radius 3 is 2.69 bits per heavy atom. The summed E-state index contributed by atoms with van der Waals surface area (Å²) >= 11 is 18.0. The highest BCUT2D eigenvalue weighted by Crippen LogP contribution is 2.28. The highest BCUT2D eigenvalue weighted by Gasteiger charge is 2.08. The molecule has 0 bridgehead atoms. The monoisotopic (exact) mass is 451 g/mol. The smallest absolute Gasteiger partial charge is 0.251 e. The topological polar surface area (TPSA) is 56.2 Å². The molecule has 5 nitrogen and oxygen atoms in total. The molecule has 2 aromatic carbocycles. The fourth-order valence-corrected chi connectivity index (χ4v) is 3.32. The van der Waals surface area contributed by atoms with Crippen molar-refractivity contribution >= 4 is 40.7 Å². The second-order valence-electron chi connectivity index (χ2n) is 6.50. The Bertz CT molecular complexity index is 985. The van der Waals surface area contributed by atoms with Gasteiger partial charge in [-0.05, 0) is 49.2 Å². The Hall–Kier alpha value is -2.21. The van der Waals surface area contributed by atoms with Crippen LogP contribution in [0.2, 0.25) is 15.1 Å². The maximum Gasteiger partial charge on any atom is 0.251 e. The summed E-state index contributed by atoms with van der Waals surface area (Å²) in [7, 11) is 0. The van der Waals surface area contributed by atoms with E-state index in [1.807, 2.05) is 19.1 Å². The quantitative estimate of drug-likeness (QED) is 0.456. The zero-order chi connectivity index (χ0) is 20.8. The van der Waals surface area contributed by atoms with Gasteiger partial charge in [-0.1, -0.05) is 46.9 Å². The number of amides is 1. The molecule has 1 N–H and O–H groups in total. The van der Waals surface area contributed by atoms with Crippen molar-refractivity contribution < 1.29 is 9.53 Å². The number of nitrogens with zero attached hydrogens (tertiary/aromatic N) is 2. The van der Waals surface area contributed by atoms with E-state index in [1.165, 1.54) is 0 Å². The second-order valence-corrected chi connectivity index (χ2v) is 7.75. The first-order valence-corrected chi connectivity index (χ1v) is 10.2. The molecule has 8 heteroatoms. The number of nitrogens with one attached hydrogen (secondary N) is 1. The van der Waals surface area contributed by atoms with Crippen molar-refractivity contribution in [1.29, 1.82) is 0 Å². The zero-order valence-electron chi connectivity index (χ0n) is 15.8. The molecule has 1 heterocycles. The molecule has 0 aliphatic carbocycles. The maximum atomic E-state index is 12.4. The minimum Gasteiger partial charge on any atom is -0.487 e. The van der Waals surface area contributed by atoms with Crippen molar-refractivity contribution in [1.82, 2.24) is 15.1 Å². The first-order valence-electron chi connectivity index (χ1n) is 9.07. The number of ether oxygens (including phenoxy) is 1. The number of halogens is 3. The molecule has 0 aliphatic heterocycles. The molecule has 0 saturated carbocycles. The Morgan fingerprint density at radius 1 is 1.14 bits per heavy atom. The van der Waals surface area contributed by atoms with Crippen LogP contribution in [0.1, 0.15) is 28.0 Å². The van der Waals surface area contributed by atoms with Crippen LogP contribution in [-0.2, 0) is 13.2 Å². The van der Waals surface area contributed by atoms with Gasteiger partial charge >= 0.3 is 0 Å². The van der Waals surface area contributed by atoms with Gasteiger partial charge in [0.05, 0.1) is 15.7 Å². The molecule has 0 unspecified atom stereocenters. The molecule has 29 heavy (non-hydrogen) atoms. The van der Waals surface area contributed by atoms with Gasteiger partial charge < -0.3 is 10.1 Å². The Morgan fingerprint density at radius 2 is 1.97 bits per heavy atom. The molecule has 0 radical (unpaired) electrons. The van der Waals surface area contributed by atoms with Gasteiger partial charge in [-0.3, -0.25) is 9.48 Å². The van der Waals surface area contributed by atoms with Crippen LogP contribution in [0, 0.1) is 6.92 Å². The van der Waals surface area contributed by atoms with Gasteiger partial charge in [-0.15, -0.1) is 0 Å². The molecule has 1 aromatic heterocycles. The molecular formula is C21H20Cl3N3O2. The average molecular weight is 453 g/mol. The summed E-state index contributed by atoms with van der Waals surface area (Å²) in [6, 6.07) is 12.3. The fraction of sp³-hybridized carbons (Fsp3) is 0.238. The fourth-order valence-electron chi connectivity index (χ4n) is 2.71. The lowest BCUT2D eigenvalue weighted by Gasteiger charge is -2.10. The summed E-state index contributed by atoms with van der Waals surface area (Å²) in [5.41, 5.74) is 2.24. The third-order valence-corrected chi connectivity index (χ3v) is 5.11.